The molecule has 23 heavy (non-hydrogen) atoms. The van der Waals surface area contributed by atoms with E-state index in [-0.39, 0.29) is 5.56 Å². The van der Waals surface area contributed by atoms with E-state index < -0.39 is 17.5 Å². The Balaban J connectivity index is 2.23. The lowest BCUT2D eigenvalue weighted by Gasteiger charge is -2.23. The van der Waals surface area contributed by atoms with Crippen molar-refractivity contribution in [2.45, 2.75) is 32.6 Å². The number of unbranched alkanes of at least 4 members (excludes halogenated alkanes) is 3. The van der Waals surface area contributed by atoms with Crippen LogP contribution in [0, 0.1) is 17.7 Å². The minimum Gasteiger partial charge on any atom is -0.308 e. The summed E-state index contributed by atoms with van der Waals surface area (Å²) in [5.74, 6) is -1.98. The van der Waals surface area contributed by atoms with Crippen LogP contribution in [-0.2, 0) is 0 Å². The molecule has 0 aliphatic heterocycles. The quantitative estimate of drug-likeness (QED) is 0.659. The number of halogens is 2. The topological polar surface area (TPSA) is 20.3 Å². The summed E-state index contributed by atoms with van der Waals surface area (Å²) in [7, 11) is 0. The molecular formula is C19H20F2NO. The molecule has 2 nitrogen and oxygen atoms in total. The predicted octanol–water partition coefficient (Wildman–Crippen LogP) is 4.99. The van der Waals surface area contributed by atoms with E-state index in [0.29, 0.717) is 12.2 Å². The molecule has 2 aromatic carbocycles. The van der Waals surface area contributed by atoms with E-state index in [9.17, 15) is 13.6 Å². The van der Waals surface area contributed by atoms with Gasteiger partial charge in [-0.3, -0.25) is 4.79 Å². The zero-order valence-electron chi connectivity index (χ0n) is 13.2. The van der Waals surface area contributed by atoms with Crippen LogP contribution in [0.15, 0.2) is 42.5 Å². The van der Waals surface area contributed by atoms with Crippen LogP contribution in [0.5, 0.6) is 0 Å². The van der Waals surface area contributed by atoms with E-state index in [1.54, 1.807) is 29.2 Å². The Bertz CT molecular complexity index is 643. The second kappa shape index (κ2) is 8.42. The molecule has 0 atom stereocenters. The molecule has 0 N–H and O–H groups in total. The predicted molar refractivity (Wildman–Crippen MR) is 87.5 cm³/mol. The molecule has 121 valence electrons. The minimum absolute atomic E-state index is 0.116. The highest BCUT2D eigenvalue weighted by molar-refractivity contribution is 6.06. The van der Waals surface area contributed by atoms with E-state index in [1.165, 1.54) is 6.07 Å². The van der Waals surface area contributed by atoms with Crippen molar-refractivity contribution in [3.8, 4) is 0 Å². The van der Waals surface area contributed by atoms with Gasteiger partial charge >= 0.3 is 0 Å². The highest BCUT2D eigenvalue weighted by Crippen LogP contribution is 2.20. The molecule has 1 amide bonds. The Labute approximate surface area is 135 Å². The fraction of sp³-hybridized carbons (Fsp3) is 0.316. The summed E-state index contributed by atoms with van der Waals surface area (Å²) >= 11 is 0. The Morgan fingerprint density at radius 3 is 2.48 bits per heavy atom. The molecule has 4 heteroatoms. The second-order valence-electron chi connectivity index (χ2n) is 5.40. The molecule has 0 saturated carbocycles. The zero-order valence-corrected chi connectivity index (χ0v) is 13.2. The summed E-state index contributed by atoms with van der Waals surface area (Å²) in [5, 5.41) is 0. The molecule has 0 saturated heterocycles. The average Bonchev–Trinajstić information content (AvgIpc) is 2.55. The molecule has 2 rings (SSSR count). The maximum absolute atomic E-state index is 13.9. The maximum Gasteiger partial charge on any atom is 0.261 e. The lowest BCUT2D eigenvalue weighted by molar-refractivity contribution is 0.0982. The highest BCUT2D eigenvalue weighted by Gasteiger charge is 2.20. The Kier molecular flexibility index (Phi) is 6.27. The number of benzene rings is 2. The third-order valence-corrected chi connectivity index (χ3v) is 3.65. The van der Waals surface area contributed by atoms with E-state index in [2.05, 4.69) is 13.0 Å². The second-order valence-corrected chi connectivity index (χ2v) is 5.40. The van der Waals surface area contributed by atoms with E-state index in [0.717, 1.165) is 37.8 Å². The molecular weight excluding hydrogens is 296 g/mol. The van der Waals surface area contributed by atoms with Gasteiger partial charge in [-0.25, -0.2) is 8.78 Å². The molecule has 2 aromatic rings. The molecule has 0 fully saturated rings. The normalized spacial score (nSPS) is 10.6. The average molecular weight is 316 g/mol. The van der Waals surface area contributed by atoms with Gasteiger partial charge in [0.05, 0.1) is 5.56 Å². The number of hydrogen-bond donors (Lipinski definition) is 0. The van der Waals surface area contributed by atoms with Crippen molar-refractivity contribution in [2.24, 2.45) is 0 Å². The van der Waals surface area contributed by atoms with Gasteiger partial charge in [0.15, 0.2) is 0 Å². The van der Waals surface area contributed by atoms with Gasteiger partial charge in [0.2, 0.25) is 0 Å². The number of rotatable bonds is 7. The van der Waals surface area contributed by atoms with Gasteiger partial charge in [0, 0.05) is 18.3 Å². The van der Waals surface area contributed by atoms with Gasteiger partial charge in [-0.05, 0) is 36.8 Å². The van der Waals surface area contributed by atoms with Gasteiger partial charge < -0.3 is 4.90 Å². The third kappa shape index (κ3) is 4.62. The van der Waals surface area contributed by atoms with Crippen LogP contribution >= 0.6 is 0 Å². The maximum atomic E-state index is 13.9. The first-order valence-corrected chi connectivity index (χ1v) is 7.86. The molecule has 0 aromatic heterocycles. The van der Waals surface area contributed by atoms with Crippen LogP contribution in [-0.4, -0.2) is 12.5 Å². The summed E-state index contributed by atoms with van der Waals surface area (Å²) in [6.07, 6.45) is 4.03. The van der Waals surface area contributed by atoms with Gasteiger partial charge in [-0.2, -0.15) is 0 Å². The van der Waals surface area contributed by atoms with Crippen LogP contribution in [0.1, 0.15) is 43.0 Å². The summed E-state index contributed by atoms with van der Waals surface area (Å²) in [6.45, 7) is 2.61. The van der Waals surface area contributed by atoms with Gasteiger partial charge in [-0.15, -0.1) is 0 Å². The molecule has 0 spiro atoms. The zero-order chi connectivity index (χ0) is 16.7. The van der Waals surface area contributed by atoms with Gasteiger partial charge in [0.1, 0.15) is 11.6 Å². The van der Waals surface area contributed by atoms with Gasteiger partial charge in [0.25, 0.3) is 5.91 Å². The Morgan fingerprint density at radius 2 is 1.83 bits per heavy atom. The van der Waals surface area contributed by atoms with Crippen LogP contribution in [0.4, 0.5) is 14.5 Å². The third-order valence-electron chi connectivity index (χ3n) is 3.65. The van der Waals surface area contributed by atoms with Crippen molar-refractivity contribution in [1.82, 2.24) is 0 Å². The van der Waals surface area contributed by atoms with E-state index in [4.69, 9.17) is 0 Å². The van der Waals surface area contributed by atoms with Gasteiger partial charge in [-0.1, -0.05) is 38.3 Å². The lowest BCUT2D eigenvalue weighted by atomic mass is 10.1. The molecule has 0 heterocycles. The Hall–Kier alpha value is -2.23. The van der Waals surface area contributed by atoms with Crippen molar-refractivity contribution in [1.29, 1.82) is 0 Å². The smallest absolute Gasteiger partial charge is 0.261 e. The van der Waals surface area contributed by atoms with E-state index >= 15 is 0 Å². The number of carbonyl (C=O) groups excluding carboxylic acids is 1. The molecule has 0 bridgehead atoms. The SMILES string of the molecule is CCCCCCN(C(=O)c1ccc(F)cc1F)c1cc[c]cc1. The summed E-state index contributed by atoms with van der Waals surface area (Å²) in [4.78, 5) is 14.2. The molecule has 1 radical (unpaired) electrons. The molecule has 0 aliphatic carbocycles. The first-order valence-electron chi connectivity index (χ1n) is 7.86. The fourth-order valence-electron chi connectivity index (χ4n) is 2.41. The Morgan fingerprint density at radius 1 is 1.09 bits per heavy atom. The minimum atomic E-state index is -0.837. The molecule has 0 aliphatic rings. The first-order chi connectivity index (χ1) is 11.1. The van der Waals surface area contributed by atoms with Crippen molar-refractivity contribution < 1.29 is 13.6 Å². The van der Waals surface area contributed by atoms with Crippen molar-refractivity contribution in [3.63, 3.8) is 0 Å². The standard InChI is InChI=1S/C19H20F2NO/c1-2-3-4-8-13-22(16-9-6-5-7-10-16)19(23)17-12-11-15(20)14-18(17)21/h6-7,9-12,14H,2-4,8,13H2,1H3. The summed E-state index contributed by atoms with van der Waals surface area (Å²) in [5.41, 5.74) is 0.573. The van der Waals surface area contributed by atoms with Crippen LogP contribution in [0.25, 0.3) is 0 Å². The fourth-order valence-corrected chi connectivity index (χ4v) is 2.41. The van der Waals surface area contributed by atoms with Crippen LogP contribution < -0.4 is 4.90 Å². The number of amides is 1. The van der Waals surface area contributed by atoms with Crippen molar-refractivity contribution >= 4 is 11.6 Å². The summed E-state index contributed by atoms with van der Waals surface area (Å²) < 4.78 is 27.0. The number of anilines is 1. The monoisotopic (exact) mass is 316 g/mol. The van der Waals surface area contributed by atoms with E-state index in [1.807, 2.05) is 0 Å². The summed E-state index contributed by atoms with van der Waals surface area (Å²) in [6, 6.07) is 12.9. The number of hydrogen-bond acceptors (Lipinski definition) is 1. The number of nitrogens with zero attached hydrogens (tertiary/aromatic N) is 1. The van der Waals surface area contributed by atoms with Crippen LogP contribution in [0.2, 0.25) is 0 Å². The highest BCUT2D eigenvalue weighted by atomic mass is 19.1. The number of carbonyl (C=O) groups is 1. The first kappa shape index (κ1) is 17.1. The van der Waals surface area contributed by atoms with Crippen LogP contribution in [0.3, 0.4) is 0 Å². The molecule has 0 unspecified atom stereocenters. The van der Waals surface area contributed by atoms with Crippen molar-refractivity contribution in [3.05, 3.63) is 65.7 Å². The lowest BCUT2D eigenvalue weighted by Crippen LogP contribution is -2.32. The van der Waals surface area contributed by atoms with Crippen molar-refractivity contribution in [2.75, 3.05) is 11.4 Å². The largest absolute Gasteiger partial charge is 0.308 e.